The molecule has 5 fully saturated rings. The van der Waals surface area contributed by atoms with Gasteiger partial charge >= 0.3 is 53.9 Å². The minimum Gasteiger partial charge on any atom is -0.481 e. The molecule has 0 aromatic heterocycles. The molecule has 1 aliphatic heterocycles. The van der Waals surface area contributed by atoms with Crippen molar-refractivity contribution in [3.63, 3.8) is 0 Å². The van der Waals surface area contributed by atoms with Gasteiger partial charge in [0.1, 0.15) is 47.6 Å². The van der Waals surface area contributed by atoms with Gasteiger partial charge in [-0.25, -0.2) is 28.8 Å². The molecule has 1 heterocycles. The van der Waals surface area contributed by atoms with Crippen LogP contribution in [0.15, 0.2) is 71.8 Å². The number of benzene rings is 2. The summed E-state index contributed by atoms with van der Waals surface area (Å²) in [4.78, 5) is 148. The summed E-state index contributed by atoms with van der Waals surface area (Å²) in [5.41, 5.74) is -9.98. The van der Waals surface area contributed by atoms with Crippen molar-refractivity contribution in [3.05, 3.63) is 82.9 Å². The summed E-state index contributed by atoms with van der Waals surface area (Å²) in [6.45, 7) is 12.3. The molecule has 4 saturated carbocycles. The van der Waals surface area contributed by atoms with Gasteiger partial charge in [-0.2, -0.15) is 0 Å². The van der Waals surface area contributed by atoms with Crippen molar-refractivity contribution >= 4 is 65.6 Å². The van der Waals surface area contributed by atoms with E-state index in [-0.39, 0.29) is 61.1 Å². The molecular weight excluding hydrogens is 1170 g/mol. The second-order valence-electron chi connectivity index (χ2n) is 24.7. The van der Waals surface area contributed by atoms with Crippen molar-refractivity contribution in [1.82, 2.24) is 21.3 Å². The lowest BCUT2D eigenvalue weighted by Gasteiger charge is -2.80. The average molecular weight is 1250 g/mol. The number of urea groups is 1. The van der Waals surface area contributed by atoms with Gasteiger partial charge in [0.15, 0.2) is 17.0 Å². The van der Waals surface area contributed by atoms with E-state index in [1.165, 1.54) is 45.4 Å². The van der Waals surface area contributed by atoms with E-state index in [4.69, 9.17) is 43.0 Å². The third kappa shape index (κ3) is 13.2. The normalized spacial score (nSPS) is 29.5. The number of Topliss-reactive ketones (excluding diaryl/α,β-unsaturated/α-hetero) is 1. The number of methoxy groups -OCH3 is 2. The number of carbonyl (C=O) groups is 11. The maximum absolute atomic E-state index is 16.0. The molecule has 15 atom stereocenters. The predicted octanol–water partition coefficient (Wildman–Crippen LogP) is 4.26. The molecule has 89 heavy (non-hydrogen) atoms. The number of ketones is 1. The van der Waals surface area contributed by atoms with E-state index in [0.29, 0.717) is 0 Å². The van der Waals surface area contributed by atoms with E-state index in [9.17, 15) is 58.5 Å². The molecule has 27 heteroatoms. The number of hydrogen-bond acceptors (Lipinski definition) is 20. The van der Waals surface area contributed by atoms with Gasteiger partial charge in [0.25, 0.3) is 0 Å². The number of amides is 4. The molecule has 0 spiro atoms. The third-order valence-corrected chi connectivity index (χ3v) is 18.3. The van der Waals surface area contributed by atoms with Crippen molar-refractivity contribution in [3.8, 4) is 0 Å². The maximum atomic E-state index is 16.0. The summed E-state index contributed by atoms with van der Waals surface area (Å²) in [5, 5.41) is 51.7. The van der Waals surface area contributed by atoms with Crippen LogP contribution < -0.4 is 21.3 Å². The van der Waals surface area contributed by atoms with Crippen LogP contribution in [-0.2, 0) is 76.3 Å². The van der Waals surface area contributed by atoms with Crippen LogP contribution in [0.4, 0.5) is 9.59 Å². The van der Waals surface area contributed by atoms with Crippen molar-refractivity contribution in [1.29, 1.82) is 0 Å². The molecule has 8 rings (SSSR count). The lowest BCUT2D eigenvalue weighted by atomic mass is 9.28. The lowest BCUT2D eigenvalue weighted by Crippen LogP contribution is -2.94. The number of aliphatic hydroxyl groups is 1. The smallest absolute Gasteiger partial charge is 0.408 e. The number of hydrogen-bond donors (Lipinski definition) is 8. The number of rotatable bonds is 26. The standard InChI is InChI=1S/C62H80N4O23/c1-32-39(30-61(81)59(8)33(2)62(61,88-52(77)36-21-15-12-16-22-36)54-58(7,49(72)47(83-10)45(32)59)40(82-9)29-41-60(54,31-84-41)87-34(3)67)85-53(78)48(46(35-19-13-11-14-20-35)66-56(80)89-57(4,5)6)86-44(71)27-25-42(68)63-28-18-17-23-37(50(73)74)64-55(79)65-38(51(75)76)24-26-43(69)70/h11-16,19-22,33,37-41,46-48,54,81H,17-18,23-31H2,1-10H3,(H,63,68)(H,66,80)(H,69,70)(H,73,74)(H,75,76)(H2,64,65,79)/t33-,37-,38-,39-,40-,41+,46-,47+,48+,54-,58-,59-,60-,61-,62+/m0/s1. The Hall–Kier alpha value is -8.01. The lowest BCUT2D eigenvalue weighted by molar-refractivity contribution is -0.424. The van der Waals surface area contributed by atoms with Crippen LogP contribution in [0.5, 0.6) is 0 Å². The summed E-state index contributed by atoms with van der Waals surface area (Å²) in [7, 11) is 2.71. The Kier molecular flexibility index (Phi) is 20.8. The highest BCUT2D eigenvalue weighted by molar-refractivity contribution is 5.96. The fourth-order valence-electron chi connectivity index (χ4n) is 14.2. The van der Waals surface area contributed by atoms with E-state index in [0.717, 1.165) is 0 Å². The highest BCUT2D eigenvalue weighted by Crippen LogP contribution is 2.79. The summed E-state index contributed by atoms with van der Waals surface area (Å²) >= 11 is 0. The van der Waals surface area contributed by atoms with E-state index >= 15 is 9.59 Å². The largest absolute Gasteiger partial charge is 0.481 e. The van der Waals surface area contributed by atoms with Crippen LogP contribution in [0, 0.1) is 22.7 Å². The van der Waals surface area contributed by atoms with Gasteiger partial charge in [-0.15, -0.1) is 0 Å². The fraction of sp³-hybridized carbons (Fsp3) is 0.597. The maximum Gasteiger partial charge on any atom is 0.408 e. The number of unbranched alkanes of at least 4 members (excludes halogenated alkanes) is 1. The second kappa shape index (κ2) is 27.0. The first-order chi connectivity index (χ1) is 41.8. The molecular formula is C62H80N4O23. The molecule has 0 unspecified atom stereocenters. The van der Waals surface area contributed by atoms with E-state index in [1.54, 1.807) is 84.9 Å². The minimum absolute atomic E-state index is 0.0380. The zero-order chi connectivity index (χ0) is 65.8. The Balaban J connectivity index is 1.19. The van der Waals surface area contributed by atoms with Gasteiger partial charge < -0.3 is 79.6 Å². The number of fused-ring (bicyclic) bond motifs is 2. The Labute approximate surface area is 513 Å². The Bertz CT molecular complexity index is 3100. The highest BCUT2D eigenvalue weighted by atomic mass is 16.6. The Morgan fingerprint density at radius 3 is 1.97 bits per heavy atom. The second-order valence-corrected chi connectivity index (χ2v) is 24.7. The first-order valence-electron chi connectivity index (χ1n) is 29.4. The molecule has 4 bridgehead atoms. The molecule has 0 radical (unpaired) electrons. The molecule has 2 aromatic carbocycles. The molecule has 486 valence electrons. The molecule has 4 amide bonds. The number of carboxylic acid groups (broad SMARTS) is 3. The first kappa shape index (κ1) is 68.5. The first-order valence-corrected chi connectivity index (χ1v) is 29.4. The summed E-state index contributed by atoms with van der Waals surface area (Å²) in [6, 6.07) is 9.98. The average Bonchev–Trinajstić information content (AvgIpc) is 0.624. The van der Waals surface area contributed by atoms with Crippen molar-refractivity contribution in [2.24, 2.45) is 22.7 Å². The summed E-state index contributed by atoms with van der Waals surface area (Å²) in [6.07, 6.45) is -10.8. The minimum atomic E-state index is -2.35. The third-order valence-electron chi connectivity index (χ3n) is 18.3. The summed E-state index contributed by atoms with van der Waals surface area (Å²) < 4.78 is 49.7. The van der Waals surface area contributed by atoms with Crippen LogP contribution >= 0.6 is 0 Å². The highest BCUT2D eigenvalue weighted by Gasteiger charge is 2.92. The van der Waals surface area contributed by atoms with Gasteiger partial charge in [0.2, 0.25) is 12.0 Å². The predicted molar refractivity (Wildman–Crippen MR) is 307 cm³/mol. The fourth-order valence-corrected chi connectivity index (χ4v) is 14.2. The number of carbonyl (C=O) groups excluding carboxylic acids is 8. The van der Waals surface area contributed by atoms with Crippen LogP contribution in [0.1, 0.15) is 135 Å². The number of nitrogens with one attached hydrogen (secondary N) is 4. The molecule has 6 aliphatic rings. The molecule has 5 aliphatic carbocycles. The van der Waals surface area contributed by atoms with Gasteiger partial charge in [-0.3, -0.25) is 24.0 Å². The number of carboxylic acids is 3. The number of ether oxygens (including phenoxy) is 8. The molecule has 8 N–H and O–H groups in total. The van der Waals surface area contributed by atoms with Gasteiger partial charge in [-0.1, -0.05) is 62.4 Å². The number of alkyl carbamates (subject to hydrolysis) is 1. The van der Waals surface area contributed by atoms with Crippen molar-refractivity contribution < 1.29 is 111 Å². The van der Waals surface area contributed by atoms with E-state index in [1.807, 2.05) is 5.32 Å². The zero-order valence-electron chi connectivity index (χ0n) is 51.4. The van der Waals surface area contributed by atoms with Crippen molar-refractivity contribution in [2.75, 3.05) is 27.4 Å². The Morgan fingerprint density at radius 1 is 0.798 bits per heavy atom. The summed E-state index contributed by atoms with van der Waals surface area (Å²) in [5.74, 6) is -12.0. The topological polar surface area (TPSA) is 391 Å². The molecule has 27 nitrogen and oxygen atoms in total. The number of esters is 4. The SMILES string of the molecule is CO[C@H]1C(=O)[C@]2(C)[C@@H](OC)C[C@H]3OC[C@@]3(OC(C)=O)[C@H]2[C@]2(OC(=O)c3ccccc3)[C@@H](C)[C@@]3(C)C1=C(C)[C@@H](OC(=O)[C@H](OC(=O)CCC(=O)NCCCC[C@H](NC(=O)N[C@@H](CCC(=O)O)C(=O)O)C(=O)O)[C@@H](NC(=O)OC(C)(C)C)c1ccccc1)C[C@@]23O. The quantitative estimate of drug-likeness (QED) is 0.0282. The van der Waals surface area contributed by atoms with Crippen LogP contribution in [-0.4, -0.2) is 178 Å². The molecule has 2 aromatic rings. The zero-order valence-corrected chi connectivity index (χ0v) is 51.4. The molecule has 1 saturated heterocycles. The van der Waals surface area contributed by atoms with Crippen LogP contribution in [0.25, 0.3) is 0 Å². The van der Waals surface area contributed by atoms with Gasteiger partial charge in [-0.05, 0) is 89.1 Å². The van der Waals surface area contributed by atoms with Gasteiger partial charge in [0.05, 0.1) is 36.0 Å². The van der Waals surface area contributed by atoms with Crippen LogP contribution in [0.2, 0.25) is 0 Å². The van der Waals surface area contributed by atoms with Crippen LogP contribution in [0.3, 0.4) is 0 Å². The van der Waals surface area contributed by atoms with E-state index in [2.05, 4.69) is 16.0 Å². The van der Waals surface area contributed by atoms with Crippen molar-refractivity contribution in [2.45, 2.75) is 184 Å². The number of aliphatic carboxylic acids is 3. The monoisotopic (exact) mass is 1250 g/mol. The van der Waals surface area contributed by atoms with E-state index < -0.39 is 191 Å². The Morgan fingerprint density at radius 2 is 1.42 bits per heavy atom. The van der Waals surface area contributed by atoms with Gasteiger partial charge in [0, 0.05) is 64.7 Å².